The van der Waals surface area contributed by atoms with Crippen LogP contribution in [0.1, 0.15) is 32.4 Å². The number of benzene rings is 1. The molecule has 2 rings (SSSR count). The molecule has 20 heavy (non-hydrogen) atoms. The van der Waals surface area contributed by atoms with Crippen molar-refractivity contribution in [1.29, 1.82) is 0 Å². The van der Waals surface area contributed by atoms with Gasteiger partial charge in [-0.25, -0.2) is 9.97 Å². The Morgan fingerprint density at radius 1 is 1.10 bits per heavy atom. The van der Waals surface area contributed by atoms with Gasteiger partial charge in [-0.05, 0) is 25.0 Å². The Morgan fingerprint density at radius 2 is 1.70 bits per heavy atom. The van der Waals surface area contributed by atoms with Crippen LogP contribution in [0.5, 0.6) is 0 Å². The number of para-hydroxylation sites is 2. The lowest BCUT2D eigenvalue weighted by Crippen LogP contribution is -2.23. The van der Waals surface area contributed by atoms with E-state index >= 15 is 0 Å². The van der Waals surface area contributed by atoms with E-state index in [9.17, 15) is 0 Å². The maximum atomic E-state index is 6.46. The molecule has 4 heteroatoms. The van der Waals surface area contributed by atoms with Crippen LogP contribution >= 0.6 is 11.6 Å². The summed E-state index contributed by atoms with van der Waals surface area (Å²) in [6.07, 6.45) is 2.21. The number of rotatable bonds is 6. The van der Waals surface area contributed by atoms with E-state index in [1.165, 1.54) is 0 Å². The monoisotopic (exact) mass is 291 g/mol. The number of alkyl halides is 1. The van der Waals surface area contributed by atoms with E-state index in [4.69, 9.17) is 11.6 Å². The quantitative estimate of drug-likeness (QED) is 0.802. The molecule has 108 valence electrons. The number of aromatic nitrogens is 2. The molecule has 1 aromatic carbocycles. The first-order valence-electron chi connectivity index (χ1n) is 7.27. The predicted octanol–water partition coefficient (Wildman–Crippen LogP) is 4.39. The van der Waals surface area contributed by atoms with Gasteiger partial charge in [0.25, 0.3) is 0 Å². The molecule has 1 N–H and O–H groups in total. The summed E-state index contributed by atoms with van der Waals surface area (Å²) in [6.45, 7) is 7.07. The fourth-order valence-corrected chi connectivity index (χ4v) is 2.85. The lowest BCUT2D eigenvalue weighted by atomic mass is 9.99. The molecule has 1 unspecified atom stereocenters. The van der Waals surface area contributed by atoms with Crippen molar-refractivity contribution in [2.75, 3.05) is 11.9 Å². The maximum Gasteiger partial charge on any atom is 0.148 e. The van der Waals surface area contributed by atoms with Crippen LogP contribution in [0.4, 0.5) is 5.82 Å². The molecule has 0 aliphatic heterocycles. The van der Waals surface area contributed by atoms with Crippen molar-refractivity contribution in [1.82, 2.24) is 9.97 Å². The maximum absolute atomic E-state index is 6.46. The summed E-state index contributed by atoms with van der Waals surface area (Å²) < 4.78 is 0. The molecule has 0 spiro atoms. The van der Waals surface area contributed by atoms with Gasteiger partial charge in [0.15, 0.2) is 0 Å². The molecule has 0 fully saturated rings. The third-order valence-electron chi connectivity index (χ3n) is 3.77. The molecule has 0 aliphatic rings. The average Bonchev–Trinajstić information content (AvgIpc) is 2.46. The number of aryl methyl sites for hydroxylation is 1. The highest BCUT2D eigenvalue weighted by molar-refractivity contribution is 6.21. The van der Waals surface area contributed by atoms with Crippen molar-refractivity contribution in [3.05, 3.63) is 30.0 Å². The van der Waals surface area contributed by atoms with Crippen LogP contribution in [0.25, 0.3) is 11.0 Å². The zero-order valence-corrected chi connectivity index (χ0v) is 13.1. The van der Waals surface area contributed by atoms with Gasteiger partial charge < -0.3 is 5.32 Å². The predicted molar refractivity (Wildman–Crippen MR) is 86.5 cm³/mol. The molecular weight excluding hydrogens is 270 g/mol. The van der Waals surface area contributed by atoms with Gasteiger partial charge in [-0.1, -0.05) is 38.8 Å². The van der Waals surface area contributed by atoms with E-state index in [0.717, 1.165) is 41.9 Å². The van der Waals surface area contributed by atoms with E-state index in [1.54, 1.807) is 0 Å². The fraction of sp³-hybridized carbons (Fsp3) is 0.500. The summed E-state index contributed by atoms with van der Waals surface area (Å²) in [5.74, 6) is 1.37. The van der Waals surface area contributed by atoms with Gasteiger partial charge in [-0.3, -0.25) is 0 Å². The second kappa shape index (κ2) is 6.89. The molecule has 0 saturated carbocycles. The van der Waals surface area contributed by atoms with Crippen LogP contribution in [0, 0.1) is 12.8 Å². The van der Waals surface area contributed by atoms with Crippen LogP contribution in [0.2, 0.25) is 0 Å². The number of nitrogens with one attached hydrogen (secondary N) is 1. The number of fused-ring (bicyclic) bond motifs is 1. The third kappa shape index (κ3) is 3.40. The molecule has 1 heterocycles. The van der Waals surface area contributed by atoms with Gasteiger partial charge in [0.2, 0.25) is 0 Å². The van der Waals surface area contributed by atoms with Crippen LogP contribution in [0.15, 0.2) is 24.3 Å². The van der Waals surface area contributed by atoms with Gasteiger partial charge in [0.05, 0.1) is 22.1 Å². The Labute approximate surface area is 125 Å². The lowest BCUT2D eigenvalue weighted by molar-refractivity contribution is 0.475. The number of hydrogen-bond donors (Lipinski definition) is 1. The standard InChI is InChI=1S/C16H22ClN3/c1-4-12(5-2)13(17)10-18-16-11(3)19-14-8-6-7-9-15(14)20-16/h6-9,12-13H,4-5,10H2,1-3H3,(H,18,20). The minimum atomic E-state index is 0.123. The lowest BCUT2D eigenvalue weighted by Gasteiger charge is -2.20. The van der Waals surface area contributed by atoms with Gasteiger partial charge in [0, 0.05) is 6.54 Å². The van der Waals surface area contributed by atoms with Gasteiger partial charge in [0.1, 0.15) is 5.82 Å². The van der Waals surface area contributed by atoms with Crippen LogP contribution in [-0.4, -0.2) is 21.9 Å². The average molecular weight is 292 g/mol. The minimum absolute atomic E-state index is 0.123. The summed E-state index contributed by atoms with van der Waals surface area (Å²) in [6, 6.07) is 7.91. The molecule has 0 bridgehead atoms. The Kier molecular flexibility index (Phi) is 5.18. The summed E-state index contributed by atoms with van der Waals surface area (Å²) in [5.41, 5.74) is 2.75. The molecule has 1 atom stereocenters. The Morgan fingerprint density at radius 3 is 2.30 bits per heavy atom. The SMILES string of the molecule is CCC(CC)C(Cl)CNc1nc2ccccc2nc1C. The van der Waals surface area contributed by atoms with Crippen molar-refractivity contribution in [2.24, 2.45) is 5.92 Å². The Bertz CT molecular complexity index is 567. The van der Waals surface area contributed by atoms with E-state index < -0.39 is 0 Å². The van der Waals surface area contributed by atoms with Crippen molar-refractivity contribution in [2.45, 2.75) is 39.0 Å². The van der Waals surface area contributed by atoms with Crippen molar-refractivity contribution in [3.63, 3.8) is 0 Å². The molecule has 0 amide bonds. The van der Waals surface area contributed by atoms with Crippen molar-refractivity contribution < 1.29 is 0 Å². The highest BCUT2D eigenvalue weighted by atomic mass is 35.5. The van der Waals surface area contributed by atoms with Gasteiger partial charge in [-0.15, -0.1) is 11.6 Å². The minimum Gasteiger partial charge on any atom is -0.367 e. The van der Waals surface area contributed by atoms with Crippen LogP contribution in [0.3, 0.4) is 0 Å². The van der Waals surface area contributed by atoms with Gasteiger partial charge >= 0.3 is 0 Å². The molecule has 2 aromatic rings. The Hall–Kier alpha value is -1.35. The van der Waals surface area contributed by atoms with Crippen LogP contribution in [-0.2, 0) is 0 Å². The second-order valence-electron chi connectivity index (χ2n) is 5.12. The van der Waals surface area contributed by atoms with Crippen molar-refractivity contribution in [3.8, 4) is 0 Å². The van der Waals surface area contributed by atoms with E-state index in [0.29, 0.717) is 5.92 Å². The largest absolute Gasteiger partial charge is 0.367 e. The molecule has 0 saturated heterocycles. The topological polar surface area (TPSA) is 37.8 Å². The summed E-state index contributed by atoms with van der Waals surface area (Å²) in [4.78, 5) is 9.20. The smallest absolute Gasteiger partial charge is 0.148 e. The van der Waals surface area contributed by atoms with E-state index in [1.807, 2.05) is 31.2 Å². The first-order chi connectivity index (χ1) is 9.65. The van der Waals surface area contributed by atoms with Crippen LogP contribution < -0.4 is 5.32 Å². The molecule has 0 radical (unpaired) electrons. The van der Waals surface area contributed by atoms with E-state index in [2.05, 4.69) is 29.1 Å². The molecule has 0 aliphatic carbocycles. The normalized spacial score (nSPS) is 12.8. The van der Waals surface area contributed by atoms with Crippen molar-refractivity contribution >= 4 is 28.5 Å². The van der Waals surface area contributed by atoms with E-state index in [-0.39, 0.29) is 5.38 Å². The van der Waals surface area contributed by atoms with Gasteiger partial charge in [-0.2, -0.15) is 0 Å². The summed E-state index contributed by atoms with van der Waals surface area (Å²) >= 11 is 6.46. The fourth-order valence-electron chi connectivity index (χ4n) is 2.42. The Balaban J connectivity index is 2.11. The molecule has 3 nitrogen and oxygen atoms in total. The zero-order chi connectivity index (χ0) is 14.5. The first-order valence-corrected chi connectivity index (χ1v) is 7.70. The highest BCUT2D eigenvalue weighted by Gasteiger charge is 2.16. The summed E-state index contributed by atoms with van der Waals surface area (Å²) in [7, 11) is 0. The second-order valence-corrected chi connectivity index (χ2v) is 5.68. The number of nitrogens with zero attached hydrogens (tertiary/aromatic N) is 2. The summed E-state index contributed by atoms with van der Waals surface area (Å²) in [5, 5.41) is 3.47. The molecule has 1 aromatic heterocycles. The zero-order valence-electron chi connectivity index (χ0n) is 12.4. The first kappa shape index (κ1) is 15.0. The number of anilines is 1. The third-order valence-corrected chi connectivity index (χ3v) is 4.28. The highest BCUT2D eigenvalue weighted by Crippen LogP contribution is 2.20. The number of halogens is 1. The molecular formula is C16H22ClN3. The number of hydrogen-bond acceptors (Lipinski definition) is 3.